The van der Waals surface area contributed by atoms with Crippen molar-refractivity contribution in [2.75, 3.05) is 26.7 Å². The molecule has 1 saturated heterocycles. The van der Waals surface area contributed by atoms with Crippen molar-refractivity contribution >= 4 is 0 Å². The molecule has 0 spiro atoms. The molecule has 3 rings (SSSR count). The summed E-state index contributed by atoms with van der Waals surface area (Å²) in [6.45, 7) is 2.94. The van der Waals surface area contributed by atoms with Gasteiger partial charge in [0.15, 0.2) is 5.82 Å². The van der Waals surface area contributed by atoms with Gasteiger partial charge in [0.1, 0.15) is 5.56 Å². The van der Waals surface area contributed by atoms with E-state index in [1.54, 1.807) is 19.4 Å². The second-order valence-corrected chi connectivity index (χ2v) is 5.13. The van der Waals surface area contributed by atoms with Crippen LogP contribution in [0.2, 0.25) is 0 Å². The largest absolute Gasteiger partial charge is 0.480 e. The average Bonchev–Trinajstić information content (AvgIpc) is 3.18. The summed E-state index contributed by atoms with van der Waals surface area (Å²) in [5.41, 5.74) is 6.84. The van der Waals surface area contributed by atoms with Crippen molar-refractivity contribution in [1.82, 2.24) is 20.0 Å². The lowest BCUT2D eigenvalue weighted by Crippen LogP contribution is -2.30. The fourth-order valence-corrected chi connectivity index (χ4v) is 2.54. The lowest BCUT2D eigenvalue weighted by atomic mass is 10.2. The second kappa shape index (κ2) is 6.19. The predicted molar refractivity (Wildman–Crippen MR) is 76.7 cm³/mol. The molecule has 1 atom stereocenters. The van der Waals surface area contributed by atoms with Crippen molar-refractivity contribution in [2.45, 2.75) is 18.9 Å². The molecule has 1 fully saturated rings. The summed E-state index contributed by atoms with van der Waals surface area (Å²) in [5, 5.41) is 3.99. The van der Waals surface area contributed by atoms with Crippen molar-refractivity contribution in [2.24, 2.45) is 5.73 Å². The van der Waals surface area contributed by atoms with Gasteiger partial charge >= 0.3 is 0 Å². The molecular formula is C14H19N5O2. The van der Waals surface area contributed by atoms with Crippen LogP contribution < -0.4 is 10.5 Å². The van der Waals surface area contributed by atoms with Gasteiger partial charge in [-0.2, -0.15) is 4.98 Å². The first-order chi connectivity index (χ1) is 10.3. The Morgan fingerprint density at radius 1 is 1.43 bits per heavy atom. The number of nitrogens with zero attached hydrogens (tertiary/aromatic N) is 4. The zero-order valence-electron chi connectivity index (χ0n) is 12.0. The third kappa shape index (κ3) is 3.03. The Morgan fingerprint density at radius 2 is 2.24 bits per heavy atom. The molecule has 1 aliphatic heterocycles. The van der Waals surface area contributed by atoms with Crippen LogP contribution in [-0.4, -0.2) is 46.8 Å². The number of hydrogen-bond donors (Lipinski definition) is 1. The molecule has 7 heteroatoms. The molecule has 0 radical (unpaired) electrons. The van der Waals surface area contributed by atoms with Crippen LogP contribution in [0, 0.1) is 0 Å². The zero-order chi connectivity index (χ0) is 14.7. The Balaban J connectivity index is 1.76. The van der Waals surface area contributed by atoms with Gasteiger partial charge in [0.2, 0.25) is 5.88 Å². The van der Waals surface area contributed by atoms with E-state index in [4.69, 9.17) is 15.0 Å². The van der Waals surface area contributed by atoms with Gasteiger partial charge in [-0.15, -0.1) is 0 Å². The van der Waals surface area contributed by atoms with E-state index in [0.717, 1.165) is 19.6 Å². The van der Waals surface area contributed by atoms with E-state index in [0.29, 0.717) is 23.2 Å². The molecule has 0 bridgehead atoms. The molecule has 2 N–H and O–H groups in total. The zero-order valence-corrected chi connectivity index (χ0v) is 12.0. The molecule has 3 heterocycles. The lowest BCUT2D eigenvalue weighted by molar-refractivity contribution is 0.306. The first-order valence-electron chi connectivity index (χ1n) is 7.09. The Hall–Kier alpha value is -1.99. The van der Waals surface area contributed by atoms with Crippen LogP contribution in [0.5, 0.6) is 5.88 Å². The van der Waals surface area contributed by atoms with E-state index in [1.807, 2.05) is 6.07 Å². The van der Waals surface area contributed by atoms with Gasteiger partial charge in [-0.3, -0.25) is 0 Å². The highest BCUT2D eigenvalue weighted by atomic mass is 16.5. The van der Waals surface area contributed by atoms with Crippen LogP contribution in [0.1, 0.15) is 24.7 Å². The minimum absolute atomic E-state index is 0.247. The standard InChI is InChI=1S/C14H19N5O2/c1-20-13-10(5-4-6-16-13)14-17-12(18-21-14)11(15)9-19-7-2-3-8-19/h4-6,11H,2-3,7-9,15H2,1H3. The molecule has 2 aromatic rings. The Morgan fingerprint density at radius 3 is 3.00 bits per heavy atom. The maximum absolute atomic E-state index is 6.16. The monoisotopic (exact) mass is 289 g/mol. The molecular weight excluding hydrogens is 270 g/mol. The van der Waals surface area contributed by atoms with Crippen molar-refractivity contribution < 1.29 is 9.26 Å². The van der Waals surface area contributed by atoms with Crippen LogP contribution in [0.4, 0.5) is 0 Å². The van der Waals surface area contributed by atoms with Gasteiger partial charge in [0.05, 0.1) is 13.2 Å². The van der Waals surface area contributed by atoms with Gasteiger partial charge < -0.3 is 19.9 Å². The third-order valence-corrected chi connectivity index (χ3v) is 3.62. The molecule has 0 aromatic carbocycles. The topological polar surface area (TPSA) is 90.3 Å². The summed E-state index contributed by atoms with van der Waals surface area (Å²) >= 11 is 0. The smallest absolute Gasteiger partial charge is 0.263 e. The minimum atomic E-state index is -0.247. The van der Waals surface area contributed by atoms with Crippen molar-refractivity contribution in [3.8, 4) is 17.3 Å². The van der Waals surface area contributed by atoms with Crippen LogP contribution in [-0.2, 0) is 0 Å². The average molecular weight is 289 g/mol. The summed E-state index contributed by atoms with van der Waals surface area (Å²) in [7, 11) is 1.56. The molecule has 0 aliphatic carbocycles. The second-order valence-electron chi connectivity index (χ2n) is 5.13. The summed E-state index contributed by atoms with van der Waals surface area (Å²) in [6, 6.07) is 3.38. The number of likely N-dealkylation sites (tertiary alicyclic amines) is 1. The van der Waals surface area contributed by atoms with Crippen LogP contribution >= 0.6 is 0 Å². The molecule has 112 valence electrons. The van der Waals surface area contributed by atoms with Crippen LogP contribution in [0.15, 0.2) is 22.9 Å². The summed E-state index contributed by atoms with van der Waals surface area (Å²) in [4.78, 5) is 10.8. The number of methoxy groups -OCH3 is 1. The van der Waals surface area contributed by atoms with E-state index >= 15 is 0 Å². The number of aromatic nitrogens is 3. The van der Waals surface area contributed by atoms with Gasteiger partial charge in [0, 0.05) is 12.7 Å². The first kappa shape index (κ1) is 14.0. The van der Waals surface area contributed by atoms with Crippen LogP contribution in [0.25, 0.3) is 11.5 Å². The number of nitrogens with two attached hydrogens (primary N) is 1. The molecule has 1 unspecified atom stereocenters. The van der Waals surface area contributed by atoms with Gasteiger partial charge in [-0.25, -0.2) is 4.98 Å². The lowest BCUT2D eigenvalue weighted by Gasteiger charge is -2.17. The fraction of sp³-hybridized carbons (Fsp3) is 0.500. The van der Waals surface area contributed by atoms with Crippen molar-refractivity contribution in [3.05, 3.63) is 24.2 Å². The minimum Gasteiger partial charge on any atom is -0.480 e. The van der Waals surface area contributed by atoms with E-state index in [9.17, 15) is 0 Å². The molecule has 0 saturated carbocycles. The maximum Gasteiger partial charge on any atom is 0.263 e. The highest BCUT2D eigenvalue weighted by Crippen LogP contribution is 2.26. The number of pyridine rings is 1. The van der Waals surface area contributed by atoms with E-state index < -0.39 is 0 Å². The molecule has 1 aliphatic rings. The van der Waals surface area contributed by atoms with E-state index in [1.165, 1.54) is 12.8 Å². The molecule has 2 aromatic heterocycles. The van der Waals surface area contributed by atoms with E-state index in [2.05, 4.69) is 20.0 Å². The van der Waals surface area contributed by atoms with Gasteiger partial charge in [0.25, 0.3) is 5.89 Å². The van der Waals surface area contributed by atoms with Crippen molar-refractivity contribution in [1.29, 1.82) is 0 Å². The first-order valence-corrected chi connectivity index (χ1v) is 7.09. The fourth-order valence-electron chi connectivity index (χ4n) is 2.54. The van der Waals surface area contributed by atoms with Crippen molar-refractivity contribution in [3.63, 3.8) is 0 Å². The summed E-state index contributed by atoms with van der Waals surface area (Å²) in [6.07, 6.45) is 4.12. The molecule has 7 nitrogen and oxygen atoms in total. The van der Waals surface area contributed by atoms with Gasteiger partial charge in [-0.1, -0.05) is 5.16 Å². The Labute approximate surface area is 123 Å². The highest BCUT2D eigenvalue weighted by Gasteiger charge is 2.21. The highest BCUT2D eigenvalue weighted by molar-refractivity contribution is 5.59. The molecule has 0 amide bonds. The summed E-state index contributed by atoms with van der Waals surface area (Å²) < 4.78 is 10.5. The molecule has 21 heavy (non-hydrogen) atoms. The number of rotatable bonds is 5. The van der Waals surface area contributed by atoms with Crippen LogP contribution in [0.3, 0.4) is 0 Å². The SMILES string of the molecule is COc1ncccc1-c1nc(C(N)CN2CCCC2)no1. The van der Waals surface area contributed by atoms with E-state index in [-0.39, 0.29) is 6.04 Å². The number of hydrogen-bond acceptors (Lipinski definition) is 7. The predicted octanol–water partition coefficient (Wildman–Crippen LogP) is 1.24. The maximum atomic E-state index is 6.16. The quantitative estimate of drug-likeness (QED) is 0.885. The normalized spacial score (nSPS) is 17.0. The summed E-state index contributed by atoms with van der Waals surface area (Å²) in [5.74, 6) is 1.36. The third-order valence-electron chi connectivity index (χ3n) is 3.62. The Kier molecular flexibility index (Phi) is 4.12. The van der Waals surface area contributed by atoms with Gasteiger partial charge in [-0.05, 0) is 38.1 Å². The number of ether oxygens (including phenoxy) is 1. The Bertz CT molecular complexity index is 595.